The maximum Gasteiger partial charge on any atom is 0.280 e. The third-order valence-electron chi connectivity index (χ3n) is 3.72. The fourth-order valence-corrected chi connectivity index (χ4v) is 2.60. The Balaban J connectivity index is 2.03. The summed E-state index contributed by atoms with van der Waals surface area (Å²) in [5.41, 5.74) is 3.04. The summed E-state index contributed by atoms with van der Waals surface area (Å²) >= 11 is 0. The van der Waals surface area contributed by atoms with Gasteiger partial charge in [0.15, 0.2) is 0 Å². The fraction of sp³-hybridized carbons (Fsp3) is 0. The molecule has 4 aromatic rings. The number of hydrogen-bond donors (Lipinski definition) is 1. The van der Waals surface area contributed by atoms with Gasteiger partial charge in [-0.3, -0.25) is 14.9 Å². The Morgan fingerprint density at radius 2 is 1.82 bits per heavy atom. The van der Waals surface area contributed by atoms with E-state index in [1.807, 2.05) is 48.5 Å². The highest BCUT2D eigenvalue weighted by Gasteiger charge is 2.11. The van der Waals surface area contributed by atoms with Crippen molar-refractivity contribution in [1.29, 1.82) is 0 Å². The van der Waals surface area contributed by atoms with Crippen LogP contribution in [0.4, 0.5) is 0 Å². The van der Waals surface area contributed by atoms with Crippen molar-refractivity contribution in [3.63, 3.8) is 0 Å². The molecule has 2 heterocycles. The monoisotopic (exact) mass is 285 g/mol. The Labute approximate surface area is 126 Å². The highest BCUT2D eigenvalue weighted by atomic mass is 16.1. The molecule has 0 saturated carbocycles. The minimum absolute atomic E-state index is 0.123. The fourth-order valence-electron chi connectivity index (χ4n) is 2.60. The highest BCUT2D eigenvalue weighted by molar-refractivity contribution is 6.02. The van der Waals surface area contributed by atoms with E-state index in [1.165, 1.54) is 4.68 Å². The maximum absolute atomic E-state index is 12.6. The van der Waals surface area contributed by atoms with Crippen molar-refractivity contribution in [2.45, 2.75) is 0 Å². The van der Waals surface area contributed by atoms with E-state index in [9.17, 15) is 4.79 Å². The van der Waals surface area contributed by atoms with Crippen LogP contribution < -0.4 is 5.56 Å². The van der Waals surface area contributed by atoms with Gasteiger partial charge in [-0.25, -0.2) is 4.68 Å². The first kappa shape index (κ1) is 12.4. The average molecular weight is 285 g/mol. The Morgan fingerprint density at radius 1 is 1.05 bits per heavy atom. The van der Waals surface area contributed by atoms with E-state index >= 15 is 0 Å². The Morgan fingerprint density at radius 3 is 2.59 bits per heavy atom. The summed E-state index contributed by atoms with van der Waals surface area (Å²) < 4.78 is 1.51. The molecule has 4 nitrogen and oxygen atoms in total. The summed E-state index contributed by atoms with van der Waals surface area (Å²) in [6, 6.07) is 15.0. The second-order valence-corrected chi connectivity index (χ2v) is 5.01. The second kappa shape index (κ2) is 4.61. The summed E-state index contributed by atoms with van der Waals surface area (Å²) in [4.78, 5) is 16.9. The van der Waals surface area contributed by atoms with Crippen LogP contribution in [0, 0.1) is 12.3 Å². The molecule has 0 aliphatic rings. The zero-order chi connectivity index (χ0) is 15.1. The van der Waals surface area contributed by atoms with Crippen LogP contribution in [0.1, 0.15) is 5.56 Å². The smallest absolute Gasteiger partial charge is 0.280 e. The number of nitrogens with zero attached hydrogens (tertiary/aromatic N) is 2. The van der Waals surface area contributed by atoms with Gasteiger partial charge in [-0.05, 0) is 30.3 Å². The van der Waals surface area contributed by atoms with Crippen LogP contribution in [-0.4, -0.2) is 14.8 Å². The average Bonchev–Trinajstić information content (AvgIpc) is 2.92. The lowest BCUT2D eigenvalue weighted by atomic mass is 10.2. The van der Waals surface area contributed by atoms with Crippen molar-refractivity contribution < 1.29 is 0 Å². The number of nitrogens with one attached hydrogen (secondary N) is 1. The second-order valence-electron chi connectivity index (χ2n) is 5.01. The van der Waals surface area contributed by atoms with Crippen LogP contribution >= 0.6 is 0 Å². The van der Waals surface area contributed by atoms with Crippen LogP contribution in [-0.2, 0) is 0 Å². The molecule has 0 bridgehead atoms. The molecule has 4 heteroatoms. The predicted molar refractivity (Wildman–Crippen MR) is 87.1 cm³/mol. The number of aromatic amines is 1. The highest BCUT2D eigenvalue weighted by Crippen LogP contribution is 2.20. The van der Waals surface area contributed by atoms with Crippen molar-refractivity contribution in [2.24, 2.45) is 0 Å². The molecular weight excluding hydrogens is 274 g/mol. The first-order chi connectivity index (χ1) is 10.8. The van der Waals surface area contributed by atoms with Crippen LogP contribution in [0.3, 0.4) is 0 Å². The number of fused-ring (bicyclic) bond motifs is 3. The number of para-hydroxylation sites is 1. The first-order valence-electron chi connectivity index (χ1n) is 6.83. The lowest BCUT2D eigenvalue weighted by Gasteiger charge is -2.01. The third kappa shape index (κ3) is 1.73. The Hall–Kier alpha value is -3.32. The van der Waals surface area contributed by atoms with Gasteiger partial charge in [0.25, 0.3) is 5.56 Å². The molecule has 0 atom stereocenters. The van der Waals surface area contributed by atoms with Crippen molar-refractivity contribution >= 4 is 21.8 Å². The number of rotatable bonds is 1. The van der Waals surface area contributed by atoms with Crippen molar-refractivity contribution in [3.05, 3.63) is 70.6 Å². The molecule has 0 aliphatic carbocycles. The van der Waals surface area contributed by atoms with E-state index in [-0.39, 0.29) is 5.56 Å². The predicted octanol–water partition coefficient (Wildman–Crippen LogP) is 2.85. The summed E-state index contributed by atoms with van der Waals surface area (Å²) in [5.74, 6) is 2.56. The zero-order valence-corrected chi connectivity index (χ0v) is 11.6. The summed E-state index contributed by atoms with van der Waals surface area (Å²) in [6.45, 7) is 0. The lowest BCUT2D eigenvalue weighted by Crippen LogP contribution is -2.14. The quantitative estimate of drug-likeness (QED) is 0.547. The number of aromatic nitrogens is 3. The molecule has 0 amide bonds. The molecule has 2 aromatic heterocycles. The van der Waals surface area contributed by atoms with Crippen LogP contribution in [0.25, 0.3) is 27.5 Å². The molecule has 0 fully saturated rings. The van der Waals surface area contributed by atoms with Crippen molar-refractivity contribution in [3.8, 4) is 18.0 Å². The van der Waals surface area contributed by atoms with Crippen molar-refractivity contribution in [2.75, 3.05) is 0 Å². The van der Waals surface area contributed by atoms with Gasteiger partial charge >= 0.3 is 0 Å². The zero-order valence-electron chi connectivity index (χ0n) is 11.6. The van der Waals surface area contributed by atoms with E-state index in [2.05, 4.69) is 16.0 Å². The number of H-pyrrole nitrogens is 1. The topological polar surface area (TPSA) is 50.7 Å². The van der Waals surface area contributed by atoms with Gasteiger partial charge in [-0.15, -0.1) is 6.42 Å². The van der Waals surface area contributed by atoms with E-state index in [1.54, 1.807) is 6.20 Å². The molecule has 0 unspecified atom stereocenters. The Bertz CT molecular complexity index is 1100. The van der Waals surface area contributed by atoms with E-state index in [0.29, 0.717) is 5.39 Å². The Kier molecular flexibility index (Phi) is 2.60. The van der Waals surface area contributed by atoms with Gasteiger partial charge < -0.3 is 0 Å². The van der Waals surface area contributed by atoms with E-state index in [0.717, 1.165) is 27.7 Å². The maximum atomic E-state index is 12.6. The molecule has 0 aliphatic heterocycles. The number of pyridine rings is 1. The lowest BCUT2D eigenvalue weighted by molar-refractivity contribution is 0.864. The van der Waals surface area contributed by atoms with Gasteiger partial charge in [0.05, 0.1) is 22.1 Å². The third-order valence-corrected chi connectivity index (χ3v) is 3.72. The molecule has 2 aromatic carbocycles. The standard InChI is InChI=1S/C18H11N3O/c1-2-12-7-9-13(10-8-12)21-18(22)15-11-19-16-6-4-3-5-14(16)17(15)20-21/h1,3-11,20H. The number of hydrogen-bond acceptors (Lipinski definition) is 2. The number of benzene rings is 2. The van der Waals surface area contributed by atoms with Crippen LogP contribution in [0.15, 0.2) is 59.5 Å². The molecule has 1 N–H and O–H groups in total. The molecular formula is C18H11N3O. The molecule has 0 spiro atoms. The minimum atomic E-state index is -0.123. The molecule has 104 valence electrons. The van der Waals surface area contributed by atoms with E-state index < -0.39 is 0 Å². The summed E-state index contributed by atoms with van der Waals surface area (Å²) in [6.07, 6.45) is 6.97. The molecule has 4 rings (SSSR count). The minimum Gasteiger partial charge on any atom is -0.290 e. The van der Waals surface area contributed by atoms with Gasteiger partial charge in [0.2, 0.25) is 0 Å². The normalized spacial score (nSPS) is 10.9. The molecule has 0 radical (unpaired) electrons. The first-order valence-corrected chi connectivity index (χ1v) is 6.83. The van der Waals surface area contributed by atoms with Crippen LogP contribution in [0.2, 0.25) is 0 Å². The number of terminal acetylenes is 1. The van der Waals surface area contributed by atoms with E-state index in [4.69, 9.17) is 6.42 Å². The van der Waals surface area contributed by atoms with Gasteiger partial charge in [-0.1, -0.05) is 24.1 Å². The van der Waals surface area contributed by atoms with Crippen LogP contribution in [0.5, 0.6) is 0 Å². The largest absolute Gasteiger partial charge is 0.290 e. The summed E-state index contributed by atoms with van der Waals surface area (Å²) in [7, 11) is 0. The van der Waals surface area contributed by atoms with Gasteiger partial charge in [0, 0.05) is 17.1 Å². The van der Waals surface area contributed by atoms with Gasteiger partial charge in [-0.2, -0.15) is 0 Å². The summed E-state index contributed by atoms with van der Waals surface area (Å²) in [5, 5.41) is 4.67. The molecule has 22 heavy (non-hydrogen) atoms. The van der Waals surface area contributed by atoms with Gasteiger partial charge in [0.1, 0.15) is 0 Å². The van der Waals surface area contributed by atoms with Crippen molar-refractivity contribution in [1.82, 2.24) is 14.8 Å². The molecule has 0 saturated heterocycles. The SMILES string of the molecule is C#Cc1ccc(-n2[nH]c3c(cnc4ccccc43)c2=O)cc1.